The van der Waals surface area contributed by atoms with E-state index in [0.29, 0.717) is 6.10 Å². The molecule has 1 saturated carbocycles. The highest BCUT2D eigenvalue weighted by molar-refractivity contribution is 14.1. The van der Waals surface area contributed by atoms with Crippen LogP contribution in [0.5, 0.6) is 5.75 Å². The Balaban J connectivity index is 2.22. The third-order valence-electron chi connectivity index (χ3n) is 1.91. The van der Waals surface area contributed by atoms with Gasteiger partial charge in [0.15, 0.2) is 0 Å². The Kier molecular flexibility index (Phi) is 2.57. The van der Waals surface area contributed by atoms with Gasteiger partial charge in [0.2, 0.25) is 0 Å². The zero-order chi connectivity index (χ0) is 9.26. The van der Waals surface area contributed by atoms with Crippen molar-refractivity contribution in [1.29, 1.82) is 0 Å². The third kappa shape index (κ3) is 2.04. The van der Waals surface area contributed by atoms with Gasteiger partial charge in [-0.3, -0.25) is 0 Å². The topological polar surface area (TPSA) is 34.2 Å². The van der Waals surface area contributed by atoms with E-state index < -0.39 is 0 Å². The van der Waals surface area contributed by atoms with E-state index in [-0.39, 0.29) is 0 Å². The minimum Gasteiger partial charge on any atom is -0.489 e. The molecule has 1 aromatic heterocycles. The number of nitrogens with zero attached hydrogens (tertiary/aromatic N) is 1. The molecule has 0 bridgehead atoms. The lowest BCUT2D eigenvalue weighted by atomic mass is 10.4. The van der Waals surface area contributed by atoms with Crippen molar-refractivity contribution < 1.29 is 4.74 Å². The lowest BCUT2D eigenvalue weighted by molar-refractivity contribution is 0.301. The molecule has 0 atom stereocenters. The van der Waals surface area contributed by atoms with Gasteiger partial charge in [-0.2, -0.15) is 0 Å². The van der Waals surface area contributed by atoms with Crippen molar-refractivity contribution in [1.82, 2.24) is 4.98 Å². The van der Waals surface area contributed by atoms with Crippen LogP contribution in [-0.2, 0) is 0 Å². The van der Waals surface area contributed by atoms with E-state index in [9.17, 15) is 0 Å². The molecule has 1 N–H and O–H groups in total. The summed E-state index contributed by atoms with van der Waals surface area (Å²) < 4.78 is 6.78. The van der Waals surface area contributed by atoms with Crippen LogP contribution in [0.25, 0.3) is 0 Å². The Hall–Kier alpha value is -0.520. The molecule has 3 nitrogen and oxygen atoms in total. The van der Waals surface area contributed by atoms with Crippen LogP contribution in [0.15, 0.2) is 12.3 Å². The van der Waals surface area contributed by atoms with Crippen LogP contribution in [0, 0.1) is 3.57 Å². The predicted molar refractivity (Wildman–Crippen MR) is 60.2 cm³/mol. The summed E-state index contributed by atoms with van der Waals surface area (Å²) in [5, 5.41) is 3.03. The summed E-state index contributed by atoms with van der Waals surface area (Å²) in [7, 11) is 1.87. The average Bonchev–Trinajstić information content (AvgIpc) is 2.92. The lowest BCUT2D eigenvalue weighted by Gasteiger charge is -2.09. The van der Waals surface area contributed by atoms with Gasteiger partial charge >= 0.3 is 0 Å². The maximum Gasteiger partial charge on any atom is 0.142 e. The highest BCUT2D eigenvalue weighted by atomic mass is 127. The molecule has 1 fully saturated rings. The number of pyridine rings is 1. The predicted octanol–water partition coefficient (Wildman–Crippen LogP) is 2.27. The van der Waals surface area contributed by atoms with Crippen LogP contribution in [0.4, 0.5) is 5.82 Å². The van der Waals surface area contributed by atoms with Crippen molar-refractivity contribution >= 4 is 28.4 Å². The van der Waals surface area contributed by atoms with Gasteiger partial charge in [-0.1, -0.05) is 0 Å². The molecule has 0 spiro atoms. The number of hydrogen-bond donors (Lipinski definition) is 1. The molecule has 2 rings (SSSR count). The third-order valence-corrected chi connectivity index (χ3v) is 2.95. The largest absolute Gasteiger partial charge is 0.489 e. The van der Waals surface area contributed by atoms with Crippen molar-refractivity contribution in [2.75, 3.05) is 12.4 Å². The Morgan fingerprint density at radius 1 is 1.62 bits per heavy atom. The maximum absolute atomic E-state index is 5.71. The second-order valence-corrected chi connectivity index (χ2v) is 4.12. The number of hydrogen-bond acceptors (Lipinski definition) is 3. The molecule has 1 aliphatic rings. The first-order chi connectivity index (χ1) is 6.31. The first-order valence-electron chi connectivity index (χ1n) is 4.30. The summed E-state index contributed by atoms with van der Waals surface area (Å²) in [6, 6.07) is 1.92. The van der Waals surface area contributed by atoms with E-state index in [1.165, 1.54) is 12.8 Å². The molecular weight excluding hydrogens is 279 g/mol. The Morgan fingerprint density at radius 2 is 2.38 bits per heavy atom. The fraction of sp³-hybridized carbons (Fsp3) is 0.444. The number of anilines is 1. The van der Waals surface area contributed by atoms with Crippen LogP contribution >= 0.6 is 22.6 Å². The Bertz CT molecular complexity index is 312. The maximum atomic E-state index is 5.71. The average molecular weight is 290 g/mol. The monoisotopic (exact) mass is 290 g/mol. The highest BCUT2D eigenvalue weighted by Gasteiger charge is 2.24. The summed E-state index contributed by atoms with van der Waals surface area (Å²) >= 11 is 2.25. The molecule has 4 heteroatoms. The first kappa shape index (κ1) is 9.05. The zero-order valence-electron chi connectivity index (χ0n) is 7.38. The van der Waals surface area contributed by atoms with Crippen LogP contribution < -0.4 is 10.1 Å². The molecule has 0 amide bonds. The number of aromatic nitrogens is 1. The van der Waals surface area contributed by atoms with Gasteiger partial charge in [-0.25, -0.2) is 4.98 Å². The summed E-state index contributed by atoms with van der Waals surface area (Å²) in [6.07, 6.45) is 4.59. The molecule has 1 heterocycles. The van der Waals surface area contributed by atoms with Gasteiger partial charge in [0, 0.05) is 13.2 Å². The second-order valence-electron chi connectivity index (χ2n) is 3.04. The molecule has 1 aromatic rings. The number of ether oxygens (including phenoxy) is 1. The number of nitrogens with one attached hydrogen (secondary N) is 1. The molecule has 0 aliphatic heterocycles. The summed E-state index contributed by atoms with van der Waals surface area (Å²) in [5.41, 5.74) is 0. The minimum absolute atomic E-state index is 0.445. The summed E-state index contributed by atoms with van der Waals surface area (Å²) in [6.45, 7) is 0. The molecule has 0 aromatic carbocycles. The highest BCUT2D eigenvalue weighted by Crippen LogP contribution is 2.32. The molecule has 0 radical (unpaired) electrons. The molecule has 0 saturated heterocycles. The number of rotatable bonds is 3. The van der Waals surface area contributed by atoms with Gasteiger partial charge in [0.05, 0.1) is 9.67 Å². The summed E-state index contributed by atoms with van der Waals surface area (Å²) in [5.74, 6) is 1.83. The van der Waals surface area contributed by atoms with E-state index in [1.54, 1.807) is 6.20 Å². The van der Waals surface area contributed by atoms with Crippen LogP contribution in [0.1, 0.15) is 12.8 Å². The second kappa shape index (κ2) is 3.69. The van der Waals surface area contributed by atoms with Gasteiger partial charge in [-0.15, -0.1) is 0 Å². The van der Waals surface area contributed by atoms with E-state index in [4.69, 9.17) is 4.74 Å². The fourth-order valence-electron chi connectivity index (χ4n) is 1.06. The van der Waals surface area contributed by atoms with Gasteiger partial charge in [-0.05, 0) is 41.5 Å². The Morgan fingerprint density at radius 3 is 3.00 bits per heavy atom. The van der Waals surface area contributed by atoms with Crippen molar-refractivity contribution in [3.63, 3.8) is 0 Å². The van der Waals surface area contributed by atoms with Crippen molar-refractivity contribution in [3.05, 3.63) is 15.8 Å². The van der Waals surface area contributed by atoms with Gasteiger partial charge < -0.3 is 10.1 Å². The molecule has 1 aliphatic carbocycles. The minimum atomic E-state index is 0.445. The van der Waals surface area contributed by atoms with E-state index in [1.807, 2.05) is 13.1 Å². The van der Waals surface area contributed by atoms with Crippen molar-refractivity contribution in [3.8, 4) is 5.75 Å². The molecule has 70 valence electrons. The SMILES string of the molecule is CNc1nccc(OC2CC2)c1I. The van der Waals surface area contributed by atoms with E-state index in [2.05, 4.69) is 32.9 Å². The van der Waals surface area contributed by atoms with E-state index in [0.717, 1.165) is 15.1 Å². The van der Waals surface area contributed by atoms with Crippen LogP contribution in [-0.4, -0.2) is 18.1 Å². The first-order valence-corrected chi connectivity index (χ1v) is 5.38. The van der Waals surface area contributed by atoms with Gasteiger partial charge in [0.25, 0.3) is 0 Å². The Labute approximate surface area is 91.0 Å². The smallest absolute Gasteiger partial charge is 0.142 e. The van der Waals surface area contributed by atoms with E-state index >= 15 is 0 Å². The van der Waals surface area contributed by atoms with Crippen LogP contribution in [0.2, 0.25) is 0 Å². The van der Waals surface area contributed by atoms with Crippen LogP contribution in [0.3, 0.4) is 0 Å². The van der Waals surface area contributed by atoms with Crippen molar-refractivity contribution in [2.24, 2.45) is 0 Å². The van der Waals surface area contributed by atoms with Crippen molar-refractivity contribution in [2.45, 2.75) is 18.9 Å². The quantitative estimate of drug-likeness (QED) is 0.867. The lowest BCUT2D eigenvalue weighted by Crippen LogP contribution is -2.01. The molecule has 0 unspecified atom stereocenters. The fourth-order valence-corrected chi connectivity index (χ4v) is 1.77. The normalized spacial score (nSPS) is 15.5. The zero-order valence-corrected chi connectivity index (χ0v) is 9.54. The molecule has 13 heavy (non-hydrogen) atoms. The van der Waals surface area contributed by atoms with Gasteiger partial charge in [0.1, 0.15) is 11.6 Å². The standard InChI is InChI=1S/C9H11IN2O/c1-11-9-8(10)7(4-5-12-9)13-6-2-3-6/h4-6H,2-3H2,1H3,(H,11,12). The summed E-state index contributed by atoms with van der Waals surface area (Å²) in [4.78, 5) is 4.19. The number of halogens is 1. The molecular formula is C9H11IN2O.